The van der Waals surface area contributed by atoms with E-state index in [2.05, 4.69) is 17.4 Å². The van der Waals surface area contributed by atoms with Crippen molar-refractivity contribution < 1.29 is 29.0 Å². The van der Waals surface area contributed by atoms with E-state index in [0.717, 1.165) is 22.3 Å². The summed E-state index contributed by atoms with van der Waals surface area (Å²) >= 11 is 0. The smallest absolute Gasteiger partial charge is 0.407 e. The first-order valence-electron chi connectivity index (χ1n) is 10.2. The predicted octanol–water partition coefficient (Wildman–Crippen LogP) is 2.23. The van der Waals surface area contributed by atoms with Gasteiger partial charge in [-0.1, -0.05) is 48.5 Å². The minimum Gasteiger partial charge on any atom is -0.480 e. The summed E-state index contributed by atoms with van der Waals surface area (Å²) in [5, 5.41) is 11.8. The predicted molar refractivity (Wildman–Crippen MR) is 112 cm³/mol. The number of hydrogen-bond acceptors (Lipinski definition) is 5. The van der Waals surface area contributed by atoms with Crippen LogP contribution in [0.1, 0.15) is 24.0 Å². The van der Waals surface area contributed by atoms with Gasteiger partial charge in [0.2, 0.25) is 5.91 Å². The summed E-state index contributed by atoms with van der Waals surface area (Å²) in [6.45, 7) is 1.99. The summed E-state index contributed by atoms with van der Waals surface area (Å²) in [5.41, 5.74) is 4.45. The van der Waals surface area contributed by atoms with Crippen molar-refractivity contribution in [1.82, 2.24) is 10.2 Å². The largest absolute Gasteiger partial charge is 0.480 e. The van der Waals surface area contributed by atoms with Gasteiger partial charge in [0, 0.05) is 12.5 Å². The molecule has 162 valence electrons. The van der Waals surface area contributed by atoms with E-state index in [1.165, 1.54) is 11.8 Å². The molecule has 1 unspecified atom stereocenters. The fraction of sp³-hybridized carbons (Fsp3) is 0.348. The van der Waals surface area contributed by atoms with Gasteiger partial charge in [-0.25, -0.2) is 9.59 Å². The van der Waals surface area contributed by atoms with Crippen molar-refractivity contribution in [3.63, 3.8) is 0 Å². The summed E-state index contributed by atoms with van der Waals surface area (Å²) < 4.78 is 10.6. The van der Waals surface area contributed by atoms with Crippen molar-refractivity contribution in [3.05, 3.63) is 59.7 Å². The van der Waals surface area contributed by atoms with Crippen molar-refractivity contribution in [2.24, 2.45) is 0 Å². The zero-order chi connectivity index (χ0) is 22.0. The zero-order valence-electron chi connectivity index (χ0n) is 17.1. The molecule has 31 heavy (non-hydrogen) atoms. The van der Waals surface area contributed by atoms with Gasteiger partial charge in [-0.15, -0.1) is 0 Å². The lowest BCUT2D eigenvalue weighted by Gasteiger charge is -2.34. The summed E-state index contributed by atoms with van der Waals surface area (Å²) in [6, 6.07) is 14.1. The normalized spacial score (nSPS) is 18.6. The molecule has 8 heteroatoms. The summed E-state index contributed by atoms with van der Waals surface area (Å²) in [7, 11) is 0. The van der Waals surface area contributed by atoms with Crippen LogP contribution < -0.4 is 5.32 Å². The summed E-state index contributed by atoms with van der Waals surface area (Å²) in [4.78, 5) is 37.7. The molecule has 2 aliphatic rings. The maximum absolute atomic E-state index is 12.7. The molecule has 2 N–H and O–H groups in total. The first-order chi connectivity index (χ1) is 15.0. The van der Waals surface area contributed by atoms with E-state index in [-0.39, 0.29) is 32.3 Å². The highest BCUT2D eigenvalue weighted by atomic mass is 16.5. The number of ether oxygens (including phenoxy) is 2. The van der Waals surface area contributed by atoms with Crippen LogP contribution in [-0.2, 0) is 19.1 Å². The van der Waals surface area contributed by atoms with Crippen LogP contribution in [0.4, 0.5) is 4.79 Å². The fourth-order valence-electron chi connectivity index (χ4n) is 4.20. The van der Waals surface area contributed by atoms with Gasteiger partial charge in [0.05, 0.1) is 13.2 Å². The maximum Gasteiger partial charge on any atom is 0.407 e. The third kappa shape index (κ3) is 4.11. The third-order valence-electron chi connectivity index (χ3n) is 5.75. The molecule has 2 aromatic rings. The molecule has 0 radical (unpaired) electrons. The quantitative estimate of drug-likeness (QED) is 0.763. The highest BCUT2D eigenvalue weighted by Crippen LogP contribution is 2.44. The second kappa shape index (κ2) is 8.77. The van der Waals surface area contributed by atoms with Crippen LogP contribution in [0.25, 0.3) is 11.1 Å². The van der Waals surface area contributed by atoms with Crippen molar-refractivity contribution in [2.45, 2.75) is 24.9 Å². The lowest BCUT2D eigenvalue weighted by molar-refractivity contribution is -0.159. The van der Waals surface area contributed by atoms with Crippen LogP contribution in [0.3, 0.4) is 0 Å². The van der Waals surface area contributed by atoms with Crippen LogP contribution in [0.5, 0.6) is 0 Å². The van der Waals surface area contributed by atoms with Gasteiger partial charge >= 0.3 is 12.1 Å². The SMILES string of the molecule is C[C@@H](NC(=O)OCC1c2ccccc2-c2ccccc21)C(=O)N1CCOCC1C(=O)O. The molecule has 2 amide bonds. The van der Waals surface area contributed by atoms with Gasteiger partial charge in [0.1, 0.15) is 12.6 Å². The Bertz CT molecular complexity index is 962. The molecule has 4 rings (SSSR count). The number of rotatable bonds is 5. The number of alkyl carbamates (subject to hydrolysis) is 1. The molecule has 1 fully saturated rings. The van der Waals surface area contributed by atoms with E-state index in [9.17, 15) is 19.5 Å². The number of morpholine rings is 1. The number of nitrogens with zero attached hydrogens (tertiary/aromatic N) is 1. The molecule has 8 nitrogen and oxygen atoms in total. The Morgan fingerprint density at radius 1 is 1.13 bits per heavy atom. The van der Waals surface area contributed by atoms with Crippen molar-refractivity contribution in [2.75, 3.05) is 26.4 Å². The average Bonchev–Trinajstić information content (AvgIpc) is 3.11. The van der Waals surface area contributed by atoms with E-state index in [1.54, 1.807) is 0 Å². The molecule has 0 saturated carbocycles. The number of carboxylic acids is 1. The Balaban J connectivity index is 1.38. The molecular weight excluding hydrogens is 400 g/mol. The molecule has 1 saturated heterocycles. The van der Waals surface area contributed by atoms with Gasteiger partial charge in [-0.3, -0.25) is 4.79 Å². The first-order valence-corrected chi connectivity index (χ1v) is 10.2. The Kier molecular flexibility index (Phi) is 5.90. The highest BCUT2D eigenvalue weighted by Gasteiger charge is 2.35. The number of carboxylic acid groups (broad SMARTS) is 1. The second-order valence-corrected chi connectivity index (χ2v) is 7.65. The number of nitrogens with one attached hydrogen (secondary N) is 1. The molecule has 0 aromatic heterocycles. The topological polar surface area (TPSA) is 105 Å². The number of hydrogen-bond donors (Lipinski definition) is 2. The summed E-state index contributed by atoms with van der Waals surface area (Å²) in [5.74, 6) is -1.70. The van der Waals surface area contributed by atoms with Gasteiger partial charge < -0.3 is 24.8 Å². The number of fused-ring (bicyclic) bond motifs is 3. The van der Waals surface area contributed by atoms with E-state index in [1.807, 2.05) is 36.4 Å². The van der Waals surface area contributed by atoms with Crippen LogP contribution in [0, 0.1) is 0 Å². The average molecular weight is 424 g/mol. The Hall–Kier alpha value is -3.39. The second-order valence-electron chi connectivity index (χ2n) is 7.65. The standard InChI is InChI=1S/C23H24N2O6/c1-14(21(26)25-10-11-30-13-20(25)22(27)28)24-23(29)31-12-19-17-8-4-2-6-15(17)16-7-3-5-9-18(16)19/h2-9,14,19-20H,10-13H2,1H3,(H,24,29)(H,27,28)/t14-,20?/m1/s1. The third-order valence-corrected chi connectivity index (χ3v) is 5.75. The highest BCUT2D eigenvalue weighted by molar-refractivity contribution is 5.89. The van der Waals surface area contributed by atoms with Crippen molar-refractivity contribution >= 4 is 18.0 Å². The number of carbonyl (C=O) groups is 3. The Morgan fingerprint density at radius 3 is 2.35 bits per heavy atom. The van der Waals surface area contributed by atoms with E-state index in [0.29, 0.717) is 0 Å². The number of carbonyl (C=O) groups excluding carboxylic acids is 2. The van der Waals surface area contributed by atoms with E-state index >= 15 is 0 Å². The Morgan fingerprint density at radius 2 is 1.74 bits per heavy atom. The van der Waals surface area contributed by atoms with E-state index in [4.69, 9.17) is 9.47 Å². The van der Waals surface area contributed by atoms with Crippen molar-refractivity contribution in [3.8, 4) is 11.1 Å². The molecule has 0 spiro atoms. The molecule has 1 aliphatic heterocycles. The van der Waals surface area contributed by atoms with E-state index < -0.39 is 30.1 Å². The monoisotopic (exact) mass is 424 g/mol. The lowest BCUT2D eigenvalue weighted by Crippen LogP contribution is -2.57. The van der Waals surface area contributed by atoms with Crippen LogP contribution in [-0.4, -0.2) is 66.4 Å². The maximum atomic E-state index is 12.7. The first kappa shape index (κ1) is 20.9. The minimum atomic E-state index is -1.14. The van der Waals surface area contributed by atoms with Gasteiger partial charge in [-0.2, -0.15) is 0 Å². The number of amides is 2. The molecule has 2 atom stereocenters. The fourth-order valence-corrected chi connectivity index (χ4v) is 4.20. The van der Waals surface area contributed by atoms with Crippen molar-refractivity contribution in [1.29, 1.82) is 0 Å². The Labute approximate surface area is 179 Å². The molecule has 1 aliphatic carbocycles. The van der Waals surface area contributed by atoms with Crippen LogP contribution >= 0.6 is 0 Å². The zero-order valence-corrected chi connectivity index (χ0v) is 17.1. The summed E-state index contributed by atoms with van der Waals surface area (Å²) in [6.07, 6.45) is -0.720. The van der Waals surface area contributed by atoms with Gasteiger partial charge in [0.25, 0.3) is 0 Å². The minimum absolute atomic E-state index is 0.0707. The molecule has 0 bridgehead atoms. The van der Waals surface area contributed by atoms with Crippen LogP contribution in [0.15, 0.2) is 48.5 Å². The van der Waals surface area contributed by atoms with Crippen LogP contribution in [0.2, 0.25) is 0 Å². The molecule has 2 aromatic carbocycles. The molecule has 1 heterocycles. The van der Waals surface area contributed by atoms with Gasteiger partial charge in [-0.05, 0) is 29.2 Å². The lowest BCUT2D eigenvalue weighted by atomic mass is 9.98. The number of benzene rings is 2. The number of aliphatic carboxylic acids is 1. The molecular formula is C23H24N2O6. The van der Waals surface area contributed by atoms with Gasteiger partial charge in [0.15, 0.2) is 6.04 Å².